The molecule has 0 aliphatic rings. The van der Waals surface area contributed by atoms with Gasteiger partial charge in [-0.25, -0.2) is 9.97 Å². The molecule has 1 aromatic heterocycles. The minimum Gasteiger partial charge on any atom is -0.383 e. The van der Waals surface area contributed by atoms with E-state index in [1.807, 2.05) is 56.3 Å². The predicted octanol–water partition coefficient (Wildman–Crippen LogP) is 5.38. The number of rotatable bonds is 6. The van der Waals surface area contributed by atoms with E-state index in [4.69, 9.17) is 10.7 Å². The van der Waals surface area contributed by atoms with Crippen molar-refractivity contribution in [3.8, 4) is 11.1 Å². The molecule has 0 unspecified atom stereocenters. The summed E-state index contributed by atoms with van der Waals surface area (Å²) in [7, 11) is 0. The van der Waals surface area contributed by atoms with E-state index in [1.54, 1.807) is 0 Å². The molecular weight excluding hydrogens is 330 g/mol. The van der Waals surface area contributed by atoms with Crippen molar-refractivity contribution in [3.63, 3.8) is 0 Å². The van der Waals surface area contributed by atoms with Crippen LogP contribution in [0.4, 0.5) is 5.82 Å². The number of hydrogen-bond donors (Lipinski definition) is 1. The molecule has 0 atom stereocenters. The fourth-order valence-electron chi connectivity index (χ4n) is 3.15. The Labute approximate surface area is 161 Å². The van der Waals surface area contributed by atoms with Gasteiger partial charge in [0.15, 0.2) is 0 Å². The van der Waals surface area contributed by atoms with E-state index in [0.717, 1.165) is 29.1 Å². The Hall–Kier alpha value is -3.20. The van der Waals surface area contributed by atoms with Gasteiger partial charge in [0.2, 0.25) is 0 Å². The summed E-state index contributed by atoms with van der Waals surface area (Å²) < 4.78 is 0. The number of anilines is 1. The van der Waals surface area contributed by atoms with Gasteiger partial charge in [-0.1, -0.05) is 78.9 Å². The lowest BCUT2D eigenvalue weighted by molar-refractivity contribution is 0.925. The fraction of sp³-hybridized carbons (Fsp3) is 0.167. The number of nitrogen functional groups attached to an aromatic ring is 1. The van der Waals surface area contributed by atoms with Gasteiger partial charge in [0.05, 0.1) is 5.69 Å². The second-order valence-electron chi connectivity index (χ2n) is 6.42. The van der Waals surface area contributed by atoms with Crippen molar-refractivity contribution in [2.45, 2.75) is 26.7 Å². The maximum Gasteiger partial charge on any atom is 0.135 e. The molecule has 0 aliphatic carbocycles. The second-order valence-corrected chi connectivity index (χ2v) is 6.42. The van der Waals surface area contributed by atoms with Crippen LogP contribution >= 0.6 is 0 Å². The molecule has 3 rings (SSSR count). The van der Waals surface area contributed by atoms with E-state index in [0.29, 0.717) is 12.2 Å². The number of allylic oxidation sites excluding steroid dienone is 4. The highest BCUT2D eigenvalue weighted by Crippen LogP contribution is 2.29. The first-order chi connectivity index (χ1) is 13.2. The van der Waals surface area contributed by atoms with Gasteiger partial charge in [0.25, 0.3) is 0 Å². The lowest BCUT2D eigenvalue weighted by atomic mass is 9.99. The van der Waals surface area contributed by atoms with Crippen LogP contribution in [0.3, 0.4) is 0 Å². The van der Waals surface area contributed by atoms with Crippen molar-refractivity contribution in [2.24, 2.45) is 0 Å². The van der Waals surface area contributed by atoms with Gasteiger partial charge < -0.3 is 5.73 Å². The van der Waals surface area contributed by atoms with Crippen molar-refractivity contribution in [2.75, 3.05) is 5.73 Å². The summed E-state index contributed by atoms with van der Waals surface area (Å²) >= 11 is 0. The zero-order valence-electron chi connectivity index (χ0n) is 15.9. The van der Waals surface area contributed by atoms with E-state index >= 15 is 0 Å². The van der Waals surface area contributed by atoms with Crippen LogP contribution in [-0.2, 0) is 12.8 Å². The van der Waals surface area contributed by atoms with Crippen molar-refractivity contribution in [1.29, 1.82) is 0 Å². The number of nitrogens with zero attached hydrogens (tertiary/aromatic N) is 2. The van der Waals surface area contributed by atoms with E-state index in [9.17, 15) is 0 Å². The van der Waals surface area contributed by atoms with Crippen LogP contribution in [0, 0.1) is 0 Å². The van der Waals surface area contributed by atoms with Crippen molar-refractivity contribution in [1.82, 2.24) is 9.97 Å². The molecule has 0 bridgehead atoms. The molecule has 3 aromatic rings. The van der Waals surface area contributed by atoms with Crippen LogP contribution in [0.2, 0.25) is 0 Å². The van der Waals surface area contributed by atoms with Crippen LogP contribution < -0.4 is 5.73 Å². The molecule has 0 aliphatic heterocycles. The molecule has 3 nitrogen and oxygen atoms in total. The Bertz CT molecular complexity index is 942. The third kappa shape index (κ3) is 4.70. The van der Waals surface area contributed by atoms with Gasteiger partial charge in [-0.15, -0.1) is 0 Å². The maximum absolute atomic E-state index is 6.41. The predicted molar refractivity (Wildman–Crippen MR) is 113 cm³/mol. The molecule has 0 saturated carbocycles. The Kier molecular flexibility index (Phi) is 6.16. The Morgan fingerprint density at radius 2 is 1.59 bits per heavy atom. The summed E-state index contributed by atoms with van der Waals surface area (Å²) in [4.78, 5) is 9.52. The summed E-state index contributed by atoms with van der Waals surface area (Å²) in [6, 6.07) is 20.4. The lowest BCUT2D eigenvalue weighted by Crippen LogP contribution is -2.08. The Morgan fingerprint density at radius 3 is 2.22 bits per heavy atom. The number of benzene rings is 2. The maximum atomic E-state index is 6.41. The molecule has 0 radical (unpaired) electrons. The normalized spacial score (nSPS) is 11.9. The first-order valence-electron chi connectivity index (χ1n) is 9.23. The van der Waals surface area contributed by atoms with Gasteiger partial charge in [-0.05, 0) is 30.5 Å². The minimum absolute atomic E-state index is 0.535. The smallest absolute Gasteiger partial charge is 0.135 e. The molecule has 27 heavy (non-hydrogen) atoms. The van der Waals surface area contributed by atoms with Crippen molar-refractivity contribution < 1.29 is 0 Å². The molecule has 1 heterocycles. The van der Waals surface area contributed by atoms with Crippen molar-refractivity contribution in [3.05, 3.63) is 102 Å². The van der Waals surface area contributed by atoms with E-state index < -0.39 is 0 Å². The van der Waals surface area contributed by atoms with Crippen LogP contribution in [0.1, 0.15) is 30.9 Å². The highest BCUT2D eigenvalue weighted by Gasteiger charge is 2.15. The summed E-state index contributed by atoms with van der Waals surface area (Å²) in [6.07, 6.45) is 7.67. The summed E-state index contributed by atoms with van der Waals surface area (Å²) in [5.41, 5.74) is 11.7. The van der Waals surface area contributed by atoms with Crippen LogP contribution in [-0.4, -0.2) is 9.97 Å². The average molecular weight is 355 g/mol. The molecule has 0 amide bonds. The van der Waals surface area contributed by atoms with Crippen LogP contribution in [0.15, 0.2) is 84.5 Å². The first-order valence-corrected chi connectivity index (χ1v) is 9.23. The molecule has 0 spiro atoms. The van der Waals surface area contributed by atoms with E-state index in [1.165, 1.54) is 11.1 Å². The van der Waals surface area contributed by atoms with Gasteiger partial charge in [0, 0.05) is 18.4 Å². The van der Waals surface area contributed by atoms with Gasteiger partial charge >= 0.3 is 0 Å². The highest BCUT2D eigenvalue weighted by molar-refractivity contribution is 5.76. The monoisotopic (exact) mass is 355 g/mol. The molecule has 3 heteroatoms. The van der Waals surface area contributed by atoms with E-state index in [-0.39, 0.29) is 0 Å². The Balaban J connectivity index is 2.07. The number of nitrogens with two attached hydrogens (primary N) is 1. The van der Waals surface area contributed by atoms with Crippen LogP contribution in [0.25, 0.3) is 11.1 Å². The Morgan fingerprint density at radius 1 is 0.926 bits per heavy atom. The molecule has 0 fully saturated rings. The van der Waals surface area contributed by atoms with Gasteiger partial charge in [-0.2, -0.15) is 0 Å². The topological polar surface area (TPSA) is 51.8 Å². The van der Waals surface area contributed by atoms with E-state index in [2.05, 4.69) is 41.4 Å². The lowest BCUT2D eigenvalue weighted by Gasteiger charge is -2.14. The van der Waals surface area contributed by atoms with Crippen LogP contribution in [0.5, 0.6) is 0 Å². The summed E-state index contributed by atoms with van der Waals surface area (Å²) in [5, 5.41) is 0. The zero-order chi connectivity index (χ0) is 19.1. The quantitative estimate of drug-likeness (QED) is 0.604. The molecule has 2 aromatic carbocycles. The summed E-state index contributed by atoms with van der Waals surface area (Å²) in [5.74, 6) is 1.29. The number of hydrogen-bond acceptors (Lipinski definition) is 3. The fourth-order valence-corrected chi connectivity index (χ4v) is 3.15. The molecule has 0 saturated heterocycles. The third-order valence-electron chi connectivity index (χ3n) is 4.45. The largest absolute Gasteiger partial charge is 0.383 e. The average Bonchev–Trinajstić information content (AvgIpc) is 2.69. The van der Waals surface area contributed by atoms with Crippen molar-refractivity contribution >= 4 is 5.82 Å². The summed E-state index contributed by atoms with van der Waals surface area (Å²) in [6.45, 7) is 4.07. The third-order valence-corrected chi connectivity index (χ3v) is 4.45. The second kappa shape index (κ2) is 8.95. The highest BCUT2D eigenvalue weighted by atomic mass is 15.0. The standard InChI is InChI=1S/C24H25N3/c1-3-11-18(4-2)16-21-23(20-14-9-6-10-15-20)24(25)27-22(26-21)17-19-12-7-5-8-13-19/h3-15H,16-17H2,1-2H3,(H2,25,26,27)/b11-3-,18-4+. The molecule has 136 valence electrons. The minimum atomic E-state index is 0.535. The SMILES string of the molecule is C/C=C\C(=C/C)Cc1nc(Cc2ccccc2)nc(N)c1-c1ccccc1. The van der Waals surface area contributed by atoms with Gasteiger partial charge in [-0.3, -0.25) is 0 Å². The molecule has 2 N–H and O–H groups in total. The molecular formula is C24H25N3. The number of aromatic nitrogens is 2. The first kappa shape index (κ1) is 18.6. The zero-order valence-corrected chi connectivity index (χ0v) is 15.9. The van der Waals surface area contributed by atoms with Gasteiger partial charge in [0.1, 0.15) is 11.6 Å².